The van der Waals surface area contributed by atoms with Gasteiger partial charge in [0.05, 0.1) is 5.54 Å². The fraction of sp³-hybridized carbons (Fsp3) is 0.250. The van der Waals surface area contributed by atoms with Crippen LogP contribution in [0.15, 0.2) is 42.5 Å². The van der Waals surface area contributed by atoms with Gasteiger partial charge in [-0.05, 0) is 19.4 Å². The average molecular weight is 221 g/mol. The number of nitrogens with two attached hydrogens (primary N) is 1. The van der Waals surface area contributed by atoms with E-state index < -0.39 is 11.6 Å². The largest absolute Gasteiger partial charge is 0.446 e. The van der Waals surface area contributed by atoms with E-state index in [0.29, 0.717) is 5.48 Å². The van der Waals surface area contributed by atoms with Gasteiger partial charge < -0.3 is 0 Å². The molecule has 0 saturated carbocycles. The smallest absolute Gasteiger partial charge is 0.290 e. The molecule has 0 aromatic heterocycles. The van der Waals surface area contributed by atoms with Gasteiger partial charge in [0, 0.05) is 0 Å². The number of benzene rings is 1. The second-order valence-electron chi connectivity index (χ2n) is 3.89. The summed E-state index contributed by atoms with van der Waals surface area (Å²) < 4.78 is 0. The third kappa shape index (κ3) is 2.48. The molecule has 0 heterocycles. The van der Waals surface area contributed by atoms with Crippen molar-refractivity contribution in [3.63, 3.8) is 0 Å². The van der Waals surface area contributed by atoms with Gasteiger partial charge in [-0.25, -0.2) is 10.0 Å². The van der Waals surface area contributed by atoms with Crippen molar-refractivity contribution in [2.45, 2.75) is 19.4 Å². The molecule has 16 heavy (non-hydrogen) atoms. The molecule has 0 aliphatic rings. The van der Waals surface area contributed by atoms with Crippen LogP contribution in [0.5, 0.6) is 0 Å². The number of quaternary nitrogens is 1. The monoisotopic (exact) mass is 221 g/mol. The molecule has 1 rings (SSSR count). The predicted molar refractivity (Wildman–Crippen MR) is 60.9 cm³/mol. The molecule has 1 atom stereocenters. The molecule has 1 aromatic carbocycles. The molecule has 0 aliphatic heterocycles. The molecule has 1 aromatic rings. The number of hydroxylamine groups is 1. The summed E-state index contributed by atoms with van der Waals surface area (Å²) in [6, 6.07) is 8.98. The second kappa shape index (κ2) is 4.92. The van der Waals surface area contributed by atoms with E-state index >= 15 is 0 Å². The van der Waals surface area contributed by atoms with Crippen LogP contribution in [0.4, 0.5) is 4.79 Å². The second-order valence-corrected chi connectivity index (χ2v) is 3.89. The van der Waals surface area contributed by atoms with Gasteiger partial charge in [-0.1, -0.05) is 42.5 Å². The Morgan fingerprint density at radius 1 is 1.44 bits per heavy atom. The lowest BCUT2D eigenvalue weighted by molar-refractivity contribution is -0.811. The minimum absolute atomic E-state index is 0.518. The highest BCUT2D eigenvalue weighted by Crippen LogP contribution is 2.27. The number of hydrogen-bond donors (Lipinski definition) is 3. The van der Waals surface area contributed by atoms with E-state index in [-0.39, 0.29) is 0 Å². The van der Waals surface area contributed by atoms with Gasteiger partial charge in [0.15, 0.2) is 0 Å². The van der Waals surface area contributed by atoms with E-state index in [1.165, 1.54) is 0 Å². The van der Waals surface area contributed by atoms with Crippen molar-refractivity contribution >= 4 is 6.03 Å². The highest BCUT2D eigenvalue weighted by Gasteiger charge is 2.30. The fourth-order valence-electron chi connectivity index (χ4n) is 1.48. The third-order valence-corrected chi connectivity index (χ3v) is 2.70. The van der Waals surface area contributed by atoms with Gasteiger partial charge in [0.25, 0.3) is 0 Å². The summed E-state index contributed by atoms with van der Waals surface area (Å²) in [5.41, 5.74) is 1.58. The average Bonchev–Trinajstić information content (AvgIpc) is 2.29. The van der Waals surface area contributed by atoms with Gasteiger partial charge in [0.1, 0.15) is 0 Å². The van der Waals surface area contributed by atoms with Crippen LogP contribution >= 0.6 is 0 Å². The quantitative estimate of drug-likeness (QED) is 0.407. The predicted octanol–water partition coefficient (Wildman–Crippen LogP) is 1.14. The van der Waals surface area contributed by atoms with Crippen molar-refractivity contribution in [2.75, 3.05) is 0 Å². The first-order valence-electron chi connectivity index (χ1n) is 5.02. The minimum Gasteiger partial charge on any atom is -0.290 e. The Hall–Kier alpha value is -1.65. The number of nitrogens with one attached hydrogen (secondary N) is 1. The molecule has 4 N–H and O–H groups in total. The van der Waals surface area contributed by atoms with Gasteiger partial charge in [-0.15, -0.1) is 5.48 Å². The Bertz CT molecular complexity index is 389. The Morgan fingerprint density at radius 3 is 2.44 bits per heavy atom. The van der Waals surface area contributed by atoms with Crippen LogP contribution in [0.25, 0.3) is 0 Å². The molecule has 86 valence electrons. The summed E-state index contributed by atoms with van der Waals surface area (Å²) >= 11 is 0. The zero-order valence-electron chi connectivity index (χ0n) is 9.53. The normalized spacial score (nSPS) is 13.9. The Labute approximate surface area is 94.9 Å². The van der Waals surface area contributed by atoms with Crippen molar-refractivity contribution in [3.8, 4) is 0 Å². The Balaban J connectivity index is 3.07. The van der Waals surface area contributed by atoms with Crippen LogP contribution in [0, 0.1) is 0 Å². The summed E-state index contributed by atoms with van der Waals surface area (Å²) in [6.45, 7) is 7.57. The molecule has 0 spiro atoms. The molecule has 0 radical (unpaired) electrons. The number of hydrogen-bond acceptors (Lipinski definition) is 2. The van der Waals surface area contributed by atoms with Crippen LogP contribution < -0.4 is 10.8 Å². The van der Waals surface area contributed by atoms with Crippen molar-refractivity contribution in [1.82, 2.24) is 5.32 Å². The van der Waals surface area contributed by atoms with Crippen molar-refractivity contribution in [2.24, 2.45) is 0 Å². The van der Waals surface area contributed by atoms with E-state index in [9.17, 15) is 4.79 Å². The third-order valence-electron chi connectivity index (χ3n) is 2.70. The molecule has 4 heteroatoms. The summed E-state index contributed by atoms with van der Waals surface area (Å²) in [5, 5.41) is 11.4. The number of carbonyl (C=O) groups is 1. The van der Waals surface area contributed by atoms with Gasteiger partial charge in [-0.3, -0.25) is 5.32 Å². The molecule has 0 bridgehead atoms. The lowest BCUT2D eigenvalue weighted by Gasteiger charge is -2.30. The number of urea groups is 1. The molecular weight excluding hydrogens is 204 g/mol. The minimum atomic E-state index is -0.669. The highest BCUT2D eigenvalue weighted by molar-refractivity contribution is 5.65. The maximum atomic E-state index is 11.2. The maximum Gasteiger partial charge on any atom is 0.446 e. The first-order valence-corrected chi connectivity index (χ1v) is 5.02. The topological polar surface area (TPSA) is 65.9 Å². The zero-order chi connectivity index (χ0) is 12.2. The van der Waals surface area contributed by atoms with Crippen LogP contribution in [-0.4, -0.2) is 11.2 Å². The zero-order valence-corrected chi connectivity index (χ0v) is 9.53. The molecular formula is C12H17N2O2+. The van der Waals surface area contributed by atoms with Crippen LogP contribution in [-0.2, 0) is 5.54 Å². The molecule has 2 amide bonds. The van der Waals surface area contributed by atoms with Crippen LogP contribution in [0.2, 0.25) is 0 Å². The molecule has 0 saturated heterocycles. The number of carbonyl (C=O) groups excluding carboxylic acids is 1. The fourth-order valence-corrected chi connectivity index (χ4v) is 1.48. The van der Waals surface area contributed by atoms with E-state index in [4.69, 9.17) is 5.21 Å². The first kappa shape index (κ1) is 12.4. The SMILES string of the molecule is C=C(C)C(C)(NC(=O)[NH2+]O)c1ccccc1. The van der Waals surface area contributed by atoms with Crippen molar-refractivity contribution in [3.05, 3.63) is 48.0 Å². The number of primary amides is 1. The van der Waals surface area contributed by atoms with Crippen LogP contribution in [0.1, 0.15) is 19.4 Å². The summed E-state index contributed by atoms with van der Waals surface area (Å²) in [5.74, 6) is 0. The van der Waals surface area contributed by atoms with E-state index in [2.05, 4.69) is 11.9 Å². The molecule has 1 unspecified atom stereocenters. The van der Waals surface area contributed by atoms with Gasteiger partial charge >= 0.3 is 6.03 Å². The Morgan fingerprint density at radius 2 is 2.00 bits per heavy atom. The Kier molecular flexibility index (Phi) is 3.82. The van der Waals surface area contributed by atoms with Crippen molar-refractivity contribution < 1.29 is 15.5 Å². The van der Waals surface area contributed by atoms with Crippen LogP contribution in [0.3, 0.4) is 0 Å². The van der Waals surface area contributed by atoms with Gasteiger partial charge in [-0.2, -0.15) is 0 Å². The lowest BCUT2D eigenvalue weighted by Crippen LogP contribution is -2.88. The van der Waals surface area contributed by atoms with E-state index in [1.54, 1.807) is 0 Å². The summed E-state index contributed by atoms with van der Waals surface area (Å²) in [7, 11) is 0. The standard InChI is InChI=1S/C12H16N2O2/c1-9(2)12(3,13-11(15)14-16)10-7-5-4-6-8-10/h4-8,16H,1H2,2-3H3,(H2,13,14,15)/p+1. The summed E-state index contributed by atoms with van der Waals surface area (Å²) in [4.78, 5) is 11.2. The number of amides is 2. The maximum absolute atomic E-state index is 11.2. The molecule has 0 aliphatic carbocycles. The molecule has 0 fully saturated rings. The lowest BCUT2D eigenvalue weighted by atomic mass is 9.86. The van der Waals surface area contributed by atoms with Crippen molar-refractivity contribution in [1.29, 1.82) is 0 Å². The number of rotatable bonds is 3. The van der Waals surface area contributed by atoms with Gasteiger partial charge in [0.2, 0.25) is 0 Å². The van der Waals surface area contributed by atoms with E-state index in [1.807, 2.05) is 44.2 Å². The highest BCUT2D eigenvalue weighted by atomic mass is 16.5. The summed E-state index contributed by atoms with van der Waals surface area (Å²) in [6.07, 6.45) is 0. The first-order chi connectivity index (χ1) is 7.50. The van der Waals surface area contributed by atoms with E-state index in [0.717, 1.165) is 11.1 Å². The molecule has 4 nitrogen and oxygen atoms in total.